The summed E-state index contributed by atoms with van der Waals surface area (Å²) in [6.45, 7) is -0.634. The lowest BCUT2D eigenvalue weighted by Crippen LogP contribution is -2.54. The number of nitrogens with one attached hydrogen (secondary N) is 1. The summed E-state index contributed by atoms with van der Waals surface area (Å²) < 4.78 is 0. The van der Waals surface area contributed by atoms with Crippen LogP contribution in [0, 0.1) is 5.92 Å². The number of carboxylic acid groups (broad SMARTS) is 1. The van der Waals surface area contributed by atoms with Gasteiger partial charge in [-0.05, 0) is 30.5 Å². The Hall–Kier alpha value is -2.21. The van der Waals surface area contributed by atoms with E-state index in [1.165, 1.54) is 6.07 Å². The summed E-state index contributed by atoms with van der Waals surface area (Å²) in [5, 5.41) is 11.3. The number of aliphatic carboxylic acids is 1. The van der Waals surface area contributed by atoms with Crippen molar-refractivity contribution in [2.75, 3.05) is 6.54 Å². The molecule has 1 aromatic rings. The van der Waals surface area contributed by atoms with E-state index in [0.717, 1.165) is 19.3 Å². The van der Waals surface area contributed by atoms with E-state index in [2.05, 4.69) is 5.32 Å². The average molecular weight is 364 g/mol. The van der Waals surface area contributed by atoms with Gasteiger partial charge in [0.1, 0.15) is 6.54 Å². The molecule has 1 fully saturated rings. The summed E-state index contributed by atoms with van der Waals surface area (Å²) in [6.07, 6.45) is 3.84. The SMILES string of the molecule is O=C(O)CNC(=O)C1C(=O)c2cc(Cl)ccc2C2(CCCCC2)C1=O. The lowest BCUT2D eigenvalue weighted by molar-refractivity contribution is -0.141. The highest BCUT2D eigenvalue weighted by Crippen LogP contribution is 2.47. The lowest BCUT2D eigenvalue weighted by atomic mass is 9.58. The van der Waals surface area contributed by atoms with Crippen LogP contribution in [0.25, 0.3) is 0 Å². The van der Waals surface area contributed by atoms with E-state index < -0.39 is 41.3 Å². The minimum absolute atomic E-state index is 0.296. The van der Waals surface area contributed by atoms with Crippen LogP contribution < -0.4 is 5.32 Å². The number of ketones is 2. The van der Waals surface area contributed by atoms with E-state index in [1.807, 2.05) is 0 Å². The molecule has 0 aromatic heterocycles. The number of carboxylic acids is 1. The molecule has 25 heavy (non-hydrogen) atoms. The van der Waals surface area contributed by atoms with Crippen LogP contribution in [0.1, 0.15) is 48.0 Å². The van der Waals surface area contributed by atoms with E-state index in [0.29, 0.717) is 29.0 Å². The molecule has 2 aliphatic carbocycles. The van der Waals surface area contributed by atoms with Gasteiger partial charge in [0, 0.05) is 10.6 Å². The maximum atomic E-state index is 13.2. The predicted molar refractivity (Wildman–Crippen MR) is 89.7 cm³/mol. The van der Waals surface area contributed by atoms with Crippen LogP contribution in [-0.4, -0.2) is 35.1 Å². The molecule has 0 heterocycles. The largest absolute Gasteiger partial charge is 0.480 e. The number of carbonyl (C=O) groups is 4. The summed E-state index contributed by atoms with van der Waals surface area (Å²) in [7, 11) is 0. The van der Waals surface area contributed by atoms with Crippen molar-refractivity contribution in [3.05, 3.63) is 34.3 Å². The van der Waals surface area contributed by atoms with E-state index in [-0.39, 0.29) is 0 Å². The molecule has 7 heteroatoms. The van der Waals surface area contributed by atoms with Crippen LogP contribution in [0.5, 0.6) is 0 Å². The first-order valence-electron chi connectivity index (χ1n) is 8.25. The first-order valence-corrected chi connectivity index (χ1v) is 8.63. The Morgan fingerprint density at radius 1 is 1.20 bits per heavy atom. The number of amides is 1. The molecule has 0 bridgehead atoms. The van der Waals surface area contributed by atoms with Crippen LogP contribution in [0.4, 0.5) is 0 Å². The molecule has 1 aromatic carbocycles. The number of hydrogen-bond donors (Lipinski definition) is 2. The Bertz CT molecular complexity index is 767. The number of fused-ring (bicyclic) bond motifs is 2. The molecule has 1 unspecified atom stereocenters. The molecule has 2 aliphatic rings. The van der Waals surface area contributed by atoms with Gasteiger partial charge in [-0.15, -0.1) is 0 Å². The van der Waals surface area contributed by atoms with Crippen LogP contribution in [-0.2, 0) is 19.8 Å². The number of halogens is 1. The van der Waals surface area contributed by atoms with Crippen molar-refractivity contribution in [3.8, 4) is 0 Å². The van der Waals surface area contributed by atoms with Crippen molar-refractivity contribution >= 4 is 35.0 Å². The zero-order valence-corrected chi connectivity index (χ0v) is 14.3. The third-order valence-electron chi connectivity index (χ3n) is 5.14. The van der Waals surface area contributed by atoms with E-state index in [1.54, 1.807) is 12.1 Å². The second kappa shape index (κ2) is 6.59. The summed E-state index contributed by atoms with van der Waals surface area (Å²) in [5.74, 6) is -4.63. The van der Waals surface area contributed by atoms with Gasteiger partial charge in [-0.3, -0.25) is 19.2 Å². The molecule has 1 amide bonds. The van der Waals surface area contributed by atoms with Gasteiger partial charge in [-0.1, -0.05) is 36.9 Å². The van der Waals surface area contributed by atoms with Crippen molar-refractivity contribution in [1.29, 1.82) is 0 Å². The highest BCUT2D eigenvalue weighted by Gasteiger charge is 2.54. The molecule has 2 N–H and O–H groups in total. The second-order valence-corrected chi connectivity index (χ2v) is 7.04. The summed E-state index contributed by atoms with van der Waals surface area (Å²) in [4.78, 5) is 49.1. The van der Waals surface area contributed by atoms with Gasteiger partial charge in [0.25, 0.3) is 0 Å². The molecule has 1 saturated carbocycles. The Morgan fingerprint density at radius 3 is 2.52 bits per heavy atom. The molecule has 1 spiro atoms. The van der Waals surface area contributed by atoms with Crippen molar-refractivity contribution in [2.24, 2.45) is 5.92 Å². The van der Waals surface area contributed by atoms with Gasteiger partial charge in [-0.25, -0.2) is 0 Å². The van der Waals surface area contributed by atoms with Crippen LogP contribution in [0.3, 0.4) is 0 Å². The minimum Gasteiger partial charge on any atom is -0.480 e. The van der Waals surface area contributed by atoms with Crippen LogP contribution in [0.15, 0.2) is 18.2 Å². The van der Waals surface area contributed by atoms with Crippen LogP contribution in [0.2, 0.25) is 5.02 Å². The quantitative estimate of drug-likeness (QED) is 0.801. The smallest absolute Gasteiger partial charge is 0.322 e. The maximum Gasteiger partial charge on any atom is 0.322 e. The molecule has 0 aliphatic heterocycles. The standard InChI is InChI=1S/C18H18ClNO5/c19-10-4-5-12-11(8-10)15(23)14(17(25)20-9-13(21)22)16(24)18(12)6-2-1-3-7-18/h4-5,8,14H,1-3,6-7,9H2,(H,20,25)(H,21,22). The van der Waals surface area contributed by atoms with Gasteiger partial charge >= 0.3 is 5.97 Å². The second-order valence-electron chi connectivity index (χ2n) is 6.61. The Morgan fingerprint density at radius 2 is 1.88 bits per heavy atom. The van der Waals surface area contributed by atoms with Crippen molar-refractivity contribution in [3.63, 3.8) is 0 Å². The molecule has 0 saturated heterocycles. The number of carbonyl (C=O) groups excluding carboxylic acids is 3. The summed E-state index contributed by atoms with van der Waals surface area (Å²) in [6, 6.07) is 4.87. The maximum absolute atomic E-state index is 13.2. The summed E-state index contributed by atoms with van der Waals surface area (Å²) in [5.41, 5.74) is 0.0791. The molecular formula is C18H18ClNO5. The molecular weight excluding hydrogens is 346 g/mol. The highest BCUT2D eigenvalue weighted by molar-refractivity contribution is 6.33. The minimum atomic E-state index is -1.51. The van der Waals surface area contributed by atoms with Crippen LogP contribution >= 0.6 is 11.6 Å². The average Bonchev–Trinajstić information content (AvgIpc) is 2.59. The Labute approximate surface area is 149 Å². The number of Topliss-reactive ketones (excluding diaryl/α,β-unsaturated/α-hetero) is 2. The van der Waals surface area contributed by atoms with E-state index >= 15 is 0 Å². The zero-order chi connectivity index (χ0) is 18.2. The number of rotatable bonds is 3. The van der Waals surface area contributed by atoms with Gasteiger partial charge in [0.2, 0.25) is 5.91 Å². The first kappa shape index (κ1) is 17.6. The first-order chi connectivity index (χ1) is 11.9. The third kappa shape index (κ3) is 2.95. The predicted octanol–water partition coefficient (Wildman–Crippen LogP) is 2.12. The van der Waals surface area contributed by atoms with Crippen molar-refractivity contribution < 1.29 is 24.3 Å². The van der Waals surface area contributed by atoms with E-state index in [4.69, 9.17) is 16.7 Å². The third-order valence-corrected chi connectivity index (χ3v) is 5.38. The van der Waals surface area contributed by atoms with Crippen molar-refractivity contribution in [2.45, 2.75) is 37.5 Å². The fourth-order valence-electron chi connectivity index (χ4n) is 4.00. The highest BCUT2D eigenvalue weighted by atomic mass is 35.5. The fraction of sp³-hybridized carbons (Fsp3) is 0.444. The molecule has 1 atom stereocenters. The molecule has 6 nitrogen and oxygen atoms in total. The van der Waals surface area contributed by atoms with Gasteiger partial charge in [-0.2, -0.15) is 0 Å². The number of benzene rings is 1. The van der Waals surface area contributed by atoms with Gasteiger partial charge in [0.05, 0.1) is 5.41 Å². The monoisotopic (exact) mass is 363 g/mol. The van der Waals surface area contributed by atoms with Crippen molar-refractivity contribution in [1.82, 2.24) is 5.32 Å². The normalized spacial score (nSPS) is 21.7. The van der Waals surface area contributed by atoms with Gasteiger partial charge < -0.3 is 10.4 Å². The topological polar surface area (TPSA) is 101 Å². The molecule has 0 radical (unpaired) electrons. The molecule has 132 valence electrons. The zero-order valence-electron chi connectivity index (χ0n) is 13.5. The van der Waals surface area contributed by atoms with Gasteiger partial charge in [0.15, 0.2) is 17.5 Å². The summed E-state index contributed by atoms with van der Waals surface area (Å²) >= 11 is 6.02. The Balaban J connectivity index is 2.07. The fourth-order valence-corrected chi connectivity index (χ4v) is 4.17. The number of hydrogen-bond acceptors (Lipinski definition) is 4. The molecule has 3 rings (SSSR count). The van der Waals surface area contributed by atoms with E-state index in [9.17, 15) is 19.2 Å². The Kier molecular flexibility index (Phi) is 4.64. The lowest BCUT2D eigenvalue weighted by Gasteiger charge is -2.42.